The van der Waals surface area contributed by atoms with Gasteiger partial charge in [-0.15, -0.1) is 11.3 Å². The standard InChI is InChI=1S/C23H20BrN3O2S/c1-16-4-2-7-21(8-16)29-14-18-10-22(30-15-18)23(28)26-20-6-3-5-17(9-20)12-27-13-19(24)11-25-27/h2-11,13,15H,12,14H2,1H3,(H,26,28). The van der Waals surface area contributed by atoms with Crippen molar-refractivity contribution in [1.29, 1.82) is 0 Å². The van der Waals surface area contributed by atoms with Gasteiger partial charge in [-0.05, 0) is 69.7 Å². The Kier molecular flexibility index (Phi) is 6.30. The molecule has 0 unspecified atom stereocenters. The second-order valence-corrected chi connectivity index (χ2v) is 8.76. The number of hydrogen-bond acceptors (Lipinski definition) is 4. The molecular formula is C23H20BrN3O2S. The number of carbonyl (C=O) groups is 1. The van der Waals surface area contributed by atoms with E-state index in [2.05, 4.69) is 26.3 Å². The predicted molar refractivity (Wildman–Crippen MR) is 123 cm³/mol. The van der Waals surface area contributed by atoms with Crippen molar-refractivity contribution in [3.05, 3.63) is 98.4 Å². The molecule has 0 spiro atoms. The van der Waals surface area contributed by atoms with Crippen molar-refractivity contribution in [3.63, 3.8) is 0 Å². The molecule has 2 heterocycles. The molecule has 0 aliphatic rings. The number of rotatable bonds is 7. The van der Waals surface area contributed by atoms with Gasteiger partial charge < -0.3 is 10.1 Å². The fourth-order valence-electron chi connectivity index (χ4n) is 2.99. The van der Waals surface area contributed by atoms with Crippen molar-refractivity contribution in [2.24, 2.45) is 0 Å². The Bertz CT molecular complexity index is 1170. The minimum atomic E-state index is -0.124. The fourth-order valence-corrected chi connectivity index (χ4v) is 4.11. The van der Waals surface area contributed by atoms with Gasteiger partial charge in [-0.25, -0.2) is 0 Å². The molecule has 1 amide bonds. The Hall–Kier alpha value is -2.90. The SMILES string of the molecule is Cc1cccc(OCc2csc(C(=O)Nc3cccc(Cn4cc(Br)cn4)c3)c2)c1. The summed E-state index contributed by atoms with van der Waals surface area (Å²) in [6.45, 7) is 3.10. The molecule has 30 heavy (non-hydrogen) atoms. The van der Waals surface area contributed by atoms with Crippen LogP contribution in [0.2, 0.25) is 0 Å². The summed E-state index contributed by atoms with van der Waals surface area (Å²) in [6.07, 6.45) is 3.67. The number of carbonyl (C=O) groups excluding carboxylic acids is 1. The topological polar surface area (TPSA) is 56.1 Å². The molecule has 0 saturated carbocycles. The maximum Gasteiger partial charge on any atom is 0.265 e. The van der Waals surface area contributed by atoms with E-state index in [1.165, 1.54) is 11.3 Å². The van der Waals surface area contributed by atoms with Crippen LogP contribution < -0.4 is 10.1 Å². The van der Waals surface area contributed by atoms with E-state index in [9.17, 15) is 4.79 Å². The van der Waals surface area contributed by atoms with Gasteiger partial charge in [0.2, 0.25) is 0 Å². The van der Waals surface area contributed by atoms with Crippen molar-refractivity contribution >= 4 is 38.9 Å². The van der Waals surface area contributed by atoms with Crippen LogP contribution in [0.4, 0.5) is 5.69 Å². The number of nitrogens with one attached hydrogen (secondary N) is 1. The highest BCUT2D eigenvalue weighted by atomic mass is 79.9. The van der Waals surface area contributed by atoms with Gasteiger partial charge in [-0.1, -0.05) is 24.3 Å². The maximum absolute atomic E-state index is 12.7. The summed E-state index contributed by atoms with van der Waals surface area (Å²) in [7, 11) is 0. The molecule has 0 aliphatic carbocycles. The quantitative estimate of drug-likeness (QED) is 0.357. The van der Waals surface area contributed by atoms with E-state index in [1.54, 1.807) is 6.20 Å². The molecule has 1 N–H and O–H groups in total. The minimum Gasteiger partial charge on any atom is -0.489 e. The van der Waals surface area contributed by atoms with E-state index in [-0.39, 0.29) is 5.91 Å². The third-order valence-corrected chi connectivity index (χ3v) is 5.79. The summed E-state index contributed by atoms with van der Waals surface area (Å²) in [4.78, 5) is 13.3. The highest BCUT2D eigenvalue weighted by Gasteiger charge is 2.11. The van der Waals surface area contributed by atoms with E-state index in [1.807, 2.05) is 77.8 Å². The van der Waals surface area contributed by atoms with Crippen LogP contribution >= 0.6 is 27.3 Å². The van der Waals surface area contributed by atoms with E-state index < -0.39 is 0 Å². The lowest BCUT2D eigenvalue weighted by molar-refractivity contribution is 0.103. The van der Waals surface area contributed by atoms with Crippen LogP contribution in [0, 0.1) is 6.92 Å². The summed E-state index contributed by atoms with van der Waals surface area (Å²) in [5, 5.41) is 9.20. The van der Waals surface area contributed by atoms with Crippen LogP contribution in [-0.2, 0) is 13.2 Å². The molecule has 4 aromatic rings. The third kappa shape index (κ3) is 5.37. The van der Waals surface area contributed by atoms with Crippen LogP contribution in [0.3, 0.4) is 0 Å². The normalized spacial score (nSPS) is 10.7. The first-order chi connectivity index (χ1) is 14.5. The van der Waals surface area contributed by atoms with E-state index in [0.717, 1.165) is 32.6 Å². The van der Waals surface area contributed by atoms with Gasteiger partial charge in [0.1, 0.15) is 12.4 Å². The van der Waals surface area contributed by atoms with Crippen LogP contribution in [0.15, 0.2) is 76.8 Å². The lowest BCUT2D eigenvalue weighted by Crippen LogP contribution is -2.10. The number of nitrogens with zero attached hydrogens (tertiary/aromatic N) is 2. The maximum atomic E-state index is 12.7. The van der Waals surface area contributed by atoms with Gasteiger partial charge in [0.15, 0.2) is 0 Å². The number of halogens is 1. The number of amides is 1. The van der Waals surface area contributed by atoms with Gasteiger partial charge in [-0.3, -0.25) is 9.48 Å². The van der Waals surface area contributed by atoms with E-state index in [0.29, 0.717) is 18.0 Å². The number of thiophene rings is 1. The Morgan fingerprint density at radius 1 is 1.17 bits per heavy atom. The number of hydrogen-bond donors (Lipinski definition) is 1. The zero-order valence-electron chi connectivity index (χ0n) is 16.3. The molecule has 4 rings (SSSR count). The average molecular weight is 482 g/mol. The van der Waals surface area contributed by atoms with Crippen molar-refractivity contribution in [1.82, 2.24) is 9.78 Å². The number of ether oxygens (including phenoxy) is 1. The van der Waals surface area contributed by atoms with Crippen LogP contribution in [-0.4, -0.2) is 15.7 Å². The molecular weight excluding hydrogens is 462 g/mol. The second-order valence-electron chi connectivity index (χ2n) is 6.94. The smallest absolute Gasteiger partial charge is 0.265 e. The van der Waals surface area contributed by atoms with Crippen LogP contribution in [0.1, 0.15) is 26.4 Å². The fraction of sp³-hybridized carbons (Fsp3) is 0.130. The summed E-state index contributed by atoms with van der Waals surface area (Å²) < 4.78 is 8.60. The molecule has 152 valence electrons. The number of benzene rings is 2. The van der Waals surface area contributed by atoms with Crippen molar-refractivity contribution in [2.45, 2.75) is 20.1 Å². The third-order valence-electron chi connectivity index (χ3n) is 4.40. The molecule has 0 bridgehead atoms. The number of aryl methyl sites for hydroxylation is 1. The van der Waals surface area contributed by atoms with Crippen molar-refractivity contribution < 1.29 is 9.53 Å². The van der Waals surface area contributed by atoms with E-state index >= 15 is 0 Å². The molecule has 2 aromatic heterocycles. The molecule has 0 radical (unpaired) electrons. The van der Waals surface area contributed by atoms with Crippen molar-refractivity contribution in [3.8, 4) is 5.75 Å². The van der Waals surface area contributed by atoms with E-state index in [4.69, 9.17) is 4.74 Å². The molecule has 0 atom stereocenters. The second kappa shape index (κ2) is 9.28. The lowest BCUT2D eigenvalue weighted by atomic mass is 10.2. The Labute approximate surface area is 187 Å². The molecule has 5 nitrogen and oxygen atoms in total. The van der Waals surface area contributed by atoms with Gasteiger partial charge in [0.05, 0.1) is 22.1 Å². The largest absolute Gasteiger partial charge is 0.489 e. The molecule has 0 aliphatic heterocycles. The van der Waals surface area contributed by atoms with Crippen LogP contribution in [0.25, 0.3) is 0 Å². The number of aromatic nitrogens is 2. The highest BCUT2D eigenvalue weighted by molar-refractivity contribution is 9.10. The zero-order chi connectivity index (χ0) is 20.9. The highest BCUT2D eigenvalue weighted by Crippen LogP contribution is 2.21. The van der Waals surface area contributed by atoms with Gasteiger partial charge >= 0.3 is 0 Å². The molecule has 0 fully saturated rings. The van der Waals surface area contributed by atoms with Gasteiger partial charge in [0, 0.05) is 17.4 Å². The van der Waals surface area contributed by atoms with Crippen LogP contribution in [0.5, 0.6) is 5.75 Å². The Morgan fingerprint density at radius 3 is 2.83 bits per heavy atom. The number of anilines is 1. The summed E-state index contributed by atoms with van der Waals surface area (Å²) in [6, 6.07) is 17.6. The summed E-state index contributed by atoms with van der Waals surface area (Å²) in [5.74, 6) is 0.703. The zero-order valence-corrected chi connectivity index (χ0v) is 18.7. The first-order valence-corrected chi connectivity index (χ1v) is 11.1. The van der Waals surface area contributed by atoms with Crippen molar-refractivity contribution in [2.75, 3.05) is 5.32 Å². The average Bonchev–Trinajstić information content (AvgIpc) is 3.36. The predicted octanol–water partition coefficient (Wildman–Crippen LogP) is 5.90. The Morgan fingerprint density at radius 2 is 2.03 bits per heavy atom. The van der Waals surface area contributed by atoms with Gasteiger partial charge in [-0.2, -0.15) is 5.10 Å². The molecule has 7 heteroatoms. The molecule has 0 saturated heterocycles. The molecule has 2 aromatic carbocycles. The van der Waals surface area contributed by atoms with Gasteiger partial charge in [0.25, 0.3) is 5.91 Å². The summed E-state index contributed by atoms with van der Waals surface area (Å²) >= 11 is 4.81. The monoisotopic (exact) mass is 481 g/mol. The first kappa shape index (κ1) is 20.4. The summed E-state index contributed by atoms with van der Waals surface area (Å²) in [5.41, 5.74) is 3.95. The minimum absolute atomic E-state index is 0.124. The Balaban J connectivity index is 1.36. The first-order valence-electron chi connectivity index (χ1n) is 9.40. The lowest BCUT2D eigenvalue weighted by Gasteiger charge is -2.07.